The molecule has 2 N–H and O–H groups in total. The van der Waals surface area contributed by atoms with Gasteiger partial charge in [0.1, 0.15) is 12.4 Å². The number of terminal acetylenes is 1. The van der Waals surface area contributed by atoms with E-state index in [2.05, 4.69) is 38.9 Å². The van der Waals surface area contributed by atoms with Crippen LogP contribution >= 0.6 is 0 Å². The topological polar surface area (TPSA) is 79.4 Å². The first-order valence-electron chi connectivity index (χ1n) is 11.8. The van der Waals surface area contributed by atoms with Gasteiger partial charge >= 0.3 is 6.03 Å². The van der Waals surface area contributed by atoms with Gasteiger partial charge in [-0.2, -0.15) is 5.01 Å². The number of aliphatic hydroxyl groups is 1. The number of urea groups is 1. The van der Waals surface area contributed by atoms with E-state index >= 15 is 0 Å². The highest BCUT2D eigenvalue weighted by Crippen LogP contribution is 2.31. The maximum absolute atomic E-state index is 13.5. The van der Waals surface area contributed by atoms with Crippen molar-refractivity contribution in [1.82, 2.24) is 25.1 Å². The van der Waals surface area contributed by atoms with Crippen molar-refractivity contribution in [3.05, 3.63) is 35.9 Å². The van der Waals surface area contributed by atoms with Crippen LogP contribution in [0.15, 0.2) is 30.3 Å². The summed E-state index contributed by atoms with van der Waals surface area (Å²) in [6.07, 6.45) is 4.81. The van der Waals surface area contributed by atoms with Crippen LogP contribution in [0.4, 0.5) is 4.79 Å². The number of amides is 3. The van der Waals surface area contributed by atoms with Gasteiger partial charge in [0.05, 0.1) is 25.7 Å². The number of aliphatic hydroxyl groups excluding tert-OH is 1. The molecule has 0 saturated carbocycles. The van der Waals surface area contributed by atoms with Crippen molar-refractivity contribution in [3.63, 3.8) is 0 Å². The molecule has 0 aliphatic carbocycles. The van der Waals surface area contributed by atoms with Crippen LogP contribution in [0.2, 0.25) is 0 Å². The molecule has 2 aliphatic rings. The number of nitrogens with one attached hydrogen (secondary N) is 1. The molecule has 3 amide bonds. The van der Waals surface area contributed by atoms with Crippen LogP contribution in [-0.4, -0.2) is 81.5 Å². The second kappa shape index (κ2) is 11.0. The monoisotopic (exact) mass is 455 g/mol. The maximum Gasteiger partial charge on any atom is 0.333 e. The predicted octanol–water partition coefficient (Wildman–Crippen LogP) is 1.92. The van der Waals surface area contributed by atoms with Gasteiger partial charge < -0.3 is 15.3 Å². The largest absolute Gasteiger partial charge is 0.377 e. The molecule has 2 saturated heterocycles. The number of nitrogens with zero attached hydrogens (tertiary/aromatic N) is 4. The number of fused-ring (bicyclic) bond motifs is 1. The summed E-state index contributed by atoms with van der Waals surface area (Å²) in [5, 5.41) is 17.4. The zero-order chi connectivity index (χ0) is 24.1. The number of hydrogen-bond acceptors (Lipinski definition) is 5. The molecule has 33 heavy (non-hydrogen) atoms. The number of carbonyl (C=O) groups excluding carboxylic acids is 2. The Hall–Kier alpha value is -2.60. The summed E-state index contributed by atoms with van der Waals surface area (Å²) < 4.78 is 0. The molecule has 3 atom stereocenters. The van der Waals surface area contributed by atoms with Gasteiger partial charge in [-0.05, 0) is 23.8 Å². The molecule has 2 aliphatic heterocycles. The summed E-state index contributed by atoms with van der Waals surface area (Å²) in [7, 11) is 0. The van der Waals surface area contributed by atoms with Crippen molar-refractivity contribution in [1.29, 1.82) is 0 Å². The van der Waals surface area contributed by atoms with E-state index in [0.717, 1.165) is 5.56 Å². The van der Waals surface area contributed by atoms with Gasteiger partial charge in [-0.25, -0.2) is 14.7 Å². The van der Waals surface area contributed by atoms with Crippen LogP contribution in [0, 0.1) is 24.2 Å². The average molecular weight is 456 g/mol. The molecule has 0 bridgehead atoms. The lowest BCUT2D eigenvalue weighted by Gasteiger charge is -2.57. The third kappa shape index (κ3) is 5.85. The lowest BCUT2D eigenvalue weighted by Crippen LogP contribution is -2.77. The Balaban J connectivity index is 1.92. The van der Waals surface area contributed by atoms with Crippen molar-refractivity contribution in [2.24, 2.45) is 11.8 Å². The number of rotatable bonds is 7. The highest BCUT2D eigenvalue weighted by Gasteiger charge is 2.51. The van der Waals surface area contributed by atoms with E-state index < -0.39 is 18.4 Å². The van der Waals surface area contributed by atoms with Crippen molar-refractivity contribution in [3.8, 4) is 12.3 Å². The lowest BCUT2D eigenvalue weighted by atomic mass is 9.96. The molecule has 2 heterocycles. The van der Waals surface area contributed by atoms with Gasteiger partial charge in [0.25, 0.3) is 0 Å². The minimum absolute atomic E-state index is 0.0164. The molecular formula is C25H37N5O3. The summed E-state index contributed by atoms with van der Waals surface area (Å²) in [4.78, 5) is 30.5. The van der Waals surface area contributed by atoms with Crippen LogP contribution < -0.4 is 5.32 Å². The summed E-state index contributed by atoms with van der Waals surface area (Å²) >= 11 is 0. The number of benzene rings is 1. The minimum Gasteiger partial charge on any atom is -0.377 e. The van der Waals surface area contributed by atoms with Crippen LogP contribution in [0.5, 0.6) is 0 Å². The van der Waals surface area contributed by atoms with Crippen LogP contribution in [0.1, 0.15) is 39.7 Å². The van der Waals surface area contributed by atoms with Crippen molar-refractivity contribution in [2.45, 2.75) is 59.1 Å². The van der Waals surface area contributed by atoms with Gasteiger partial charge in [0.2, 0.25) is 5.91 Å². The van der Waals surface area contributed by atoms with Crippen LogP contribution in [0.3, 0.4) is 0 Å². The summed E-state index contributed by atoms with van der Waals surface area (Å²) in [6.45, 7) is 9.91. The highest BCUT2D eigenvalue weighted by atomic mass is 16.3. The molecule has 8 heteroatoms. The second-order valence-corrected chi connectivity index (χ2v) is 9.73. The van der Waals surface area contributed by atoms with E-state index in [-0.39, 0.29) is 36.9 Å². The average Bonchev–Trinajstić information content (AvgIpc) is 2.75. The summed E-state index contributed by atoms with van der Waals surface area (Å²) in [5.41, 5.74) is 0.987. The first kappa shape index (κ1) is 25.0. The Kier molecular flexibility index (Phi) is 8.35. The number of piperazine rings is 1. The summed E-state index contributed by atoms with van der Waals surface area (Å²) in [6, 6.07) is 8.91. The van der Waals surface area contributed by atoms with E-state index in [4.69, 9.17) is 6.42 Å². The molecule has 3 rings (SSSR count). The molecule has 1 unspecified atom stereocenters. The van der Waals surface area contributed by atoms with E-state index in [1.165, 1.54) is 0 Å². The molecule has 2 fully saturated rings. The predicted molar refractivity (Wildman–Crippen MR) is 127 cm³/mol. The molecule has 0 aromatic heterocycles. The summed E-state index contributed by atoms with van der Waals surface area (Å²) in [5.74, 6) is 3.17. The molecule has 0 spiro atoms. The highest BCUT2D eigenvalue weighted by molar-refractivity contribution is 5.83. The molecule has 1 aromatic carbocycles. The SMILES string of the molecule is C#CCN1CC(O)N2[C@@H](CC(C)C)C(=O)N(CC(C)C)C[C@@H]2N1C(=O)NCc1ccccc1. The normalized spacial score (nSPS) is 24.2. The van der Waals surface area contributed by atoms with Gasteiger partial charge in [0, 0.05) is 13.1 Å². The Morgan fingerprint density at radius 1 is 1.18 bits per heavy atom. The second-order valence-electron chi connectivity index (χ2n) is 9.73. The van der Waals surface area contributed by atoms with Gasteiger partial charge in [0.15, 0.2) is 0 Å². The first-order chi connectivity index (χ1) is 15.7. The zero-order valence-electron chi connectivity index (χ0n) is 20.1. The standard InChI is InChI=1S/C25H37N5O3/c1-6-12-28-17-23(31)29-21(13-18(2)3)24(32)27(15-19(4)5)16-22(29)30(28)25(33)26-14-20-10-8-7-9-11-20/h1,7-11,18-19,21-23,31H,12-17H2,2-5H3,(H,26,33)/t21-,22-,23?/m0/s1. The molecule has 8 nitrogen and oxygen atoms in total. The van der Waals surface area contributed by atoms with E-state index in [9.17, 15) is 14.7 Å². The fourth-order valence-electron chi connectivity index (χ4n) is 4.74. The quantitative estimate of drug-likeness (QED) is 0.614. The first-order valence-corrected chi connectivity index (χ1v) is 11.8. The smallest absolute Gasteiger partial charge is 0.333 e. The molecule has 180 valence electrons. The van der Waals surface area contributed by atoms with Gasteiger partial charge in [-0.1, -0.05) is 63.9 Å². The third-order valence-electron chi connectivity index (χ3n) is 6.04. The fourth-order valence-corrected chi connectivity index (χ4v) is 4.74. The molecule has 1 aromatic rings. The zero-order valence-corrected chi connectivity index (χ0v) is 20.1. The molecule has 0 radical (unpaired) electrons. The lowest BCUT2D eigenvalue weighted by molar-refractivity contribution is -0.227. The number of hydrazine groups is 1. The van der Waals surface area contributed by atoms with E-state index in [1.54, 1.807) is 10.0 Å². The van der Waals surface area contributed by atoms with Crippen LogP contribution in [-0.2, 0) is 11.3 Å². The Morgan fingerprint density at radius 2 is 1.88 bits per heavy atom. The number of β-amino-alcohol motifs (C(OH)–C–C–N with tert-alkyl or cyclic N) is 1. The fraction of sp³-hybridized carbons (Fsp3) is 0.600. The minimum atomic E-state index is -0.893. The Morgan fingerprint density at radius 3 is 2.48 bits per heavy atom. The van der Waals surface area contributed by atoms with Crippen LogP contribution in [0.25, 0.3) is 0 Å². The van der Waals surface area contributed by atoms with E-state index in [0.29, 0.717) is 26.1 Å². The Bertz CT molecular complexity index is 853. The van der Waals surface area contributed by atoms with Crippen molar-refractivity contribution in [2.75, 3.05) is 26.2 Å². The van der Waals surface area contributed by atoms with E-state index in [1.807, 2.05) is 40.1 Å². The number of carbonyl (C=O) groups is 2. The maximum atomic E-state index is 13.5. The van der Waals surface area contributed by atoms with Gasteiger partial charge in [-0.3, -0.25) is 4.79 Å². The third-order valence-corrected chi connectivity index (χ3v) is 6.04. The number of hydrogen-bond donors (Lipinski definition) is 2. The van der Waals surface area contributed by atoms with Crippen molar-refractivity contribution >= 4 is 11.9 Å². The molecular weight excluding hydrogens is 418 g/mol. The van der Waals surface area contributed by atoms with Gasteiger partial charge in [-0.15, -0.1) is 6.42 Å². The van der Waals surface area contributed by atoms with Crippen molar-refractivity contribution < 1.29 is 14.7 Å². The Labute approximate surface area is 197 Å².